The molecule has 0 N–H and O–H groups in total. The first-order valence-corrected chi connectivity index (χ1v) is 8.26. The molecule has 2 nitrogen and oxygen atoms in total. The minimum absolute atomic E-state index is 0.664. The van der Waals surface area contributed by atoms with Crippen LogP contribution in [-0.2, 0) is 6.42 Å². The summed E-state index contributed by atoms with van der Waals surface area (Å²) >= 11 is 0. The Bertz CT molecular complexity index is 549. The third kappa shape index (κ3) is 7.73. The van der Waals surface area contributed by atoms with E-state index < -0.39 is 0 Å². The van der Waals surface area contributed by atoms with Crippen molar-refractivity contribution in [2.45, 2.75) is 46.5 Å². The predicted octanol–water partition coefficient (Wildman–Crippen LogP) is 5.89. The van der Waals surface area contributed by atoms with Crippen LogP contribution in [0.25, 0.3) is 0 Å². The average molecular weight is 314 g/mol. The van der Waals surface area contributed by atoms with Gasteiger partial charge < -0.3 is 9.47 Å². The van der Waals surface area contributed by atoms with E-state index in [-0.39, 0.29) is 0 Å². The molecule has 126 valence electrons. The number of methoxy groups -OCH3 is 1. The lowest BCUT2D eigenvalue weighted by Gasteiger charge is -2.11. The molecular formula is C21H30O2. The molecule has 0 spiro atoms. The largest absolute Gasteiger partial charge is 0.493 e. The van der Waals surface area contributed by atoms with Gasteiger partial charge in [0, 0.05) is 0 Å². The van der Waals surface area contributed by atoms with Crippen molar-refractivity contribution >= 4 is 0 Å². The molecule has 1 aromatic carbocycles. The predicted molar refractivity (Wildman–Crippen MR) is 99.4 cm³/mol. The minimum atomic E-state index is 0.664. The van der Waals surface area contributed by atoms with E-state index in [9.17, 15) is 0 Å². The molecular weight excluding hydrogens is 284 g/mol. The Hall–Kier alpha value is -1.96. The fraction of sp³-hybridized carbons (Fsp3) is 0.429. The van der Waals surface area contributed by atoms with Crippen LogP contribution < -0.4 is 9.47 Å². The summed E-state index contributed by atoms with van der Waals surface area (Å²) in [5, 5.41) is 0. The van der Waals surface area contributed by atoms with Crippen molar-refractivity contribution < 1.29 is 9.47 Å². The van der Waals surface area contributed by atoms with Gasteiger partial charge in [0.2, 0.25) is 0 Å². The molecule has 0 aromatic heterocycles. The van der Waals surface area contributed by atoms with E-state index in [0.717, 1.165) is 37.2 Å². The van der Waals surface area contributed by atoms with Gasteiger partial charge >= 0.3 is 0 Å². The molecule has 0 unspecified atom stereocenters. The molecule has 0 heterocycles. The number of rotatable bonds is 10. The van der Waals surface area contributed by atoms with E-state index in [2.05, 4.69) is 45.6 Å². The summed E-state index contributed by atoms with van der Waals surface area (Å²) in [5.41, 5.74) is 3.98. The Morgan fingerprint density at radius 2 is 1.87 bits per heavy atom. The summed E-state index contributed by atoms with van der Waals surface area (Å²) in [6, 6.07) is 6.04. The Kier molecular flexibility index (Phi) is 8.89. The van der Waals surface area contributed by atoms with Crippen molar-refractivity contribution in [3.8, 4) is 11.5 Å². The summed E-state index contributed by atoms with van der Waals surface area (Å²) in [5.74, 6) is 1.59. The molecule has 0 radical (unpaired) electrons. The molecule has 0 fully saturated rings. The van der Waals surface area contributed by atoms with E-state index in [1.165, 1.54) is 16.7 Å². The Balaban J connectivity index is 2.46. The first kappa shape index (κ1) is 19.1. The van der Waals surface area contributed by atoms with Gasteiger partial charge in [0.25, 0.3) is 0 Å². The standard InChI is InChI=1S/C21H30O2/c1-6-9-19-13-14-20(21(16-19)22-5)23-15-8-12-18(4)11-7-10-17(2)3/h6,10,12-14,16H,1,7-9,11,15H2,2-5H3/b18-12+. The molecule has 2 heteroatoms. The van der Waals surface area contributed by atoms with Crippen molar-refractivity contribution in [1.29, 1.82) is 0 Å². The molecule has 0 aliphatic heterocycles. The van der Waals surface area contributed by atoms with Gasteiger partial charge in [0.1, 0.15) is 0 Å². The first-order chi connectivity index (χ1) is 11.1. The molecule has 0 amide bonds. The fourth-order valence-corrected chi connectivity index (χ4v) is 2.29. The molecule has 0 atom stereocenters. The zero-order valence-corrected chi connectivity index (χ0v) is 15.0. The summed E-state index contributed by atoms with van der Waals surface area (Å²) in [4.78, 5) is 0. The van der Waals surface area contributed by atoms with Crippen molar-refractivity contribution in [2.24, 2.45) is 0 Å². The molecule has 0 aliphatic rings. The topological polar surface area (TPSA) is 18.5 Å². The maximum Gasteiger partial charge on any atom is 0.161 e. The van der Waals surface area contributed by atoms with Gasteiger partial charge in [-0.15, -0.1) is 6.58 Å². The highest BCUT2D eigenvalue weighted by atomic mass is 16.5. The van der Waals surface area contributed by atoms with E-state index in [0.29, 0.717) is 6.61 Å². The SMILES string of the molecule is C=CCc1ccc(OCC/C=C(\C)CCC=C(C)C)c(OC)c1. The second-order valence-corrected chi connectivity index (χ2v) is 5.99. The van der Waals surface area contributed by atoms with Crippen LogP contribution in [-0.4, -0.2) is 13.7 Å². The summed E-state index contributed by atoms with van der Waals surface area (Å²) in [7, 11) is 1.67. The highest BCUT2D eigenvalue weighted by molar-refractivity contribution is 5.43. The summed E-state index contributed by atoms with van der Waals surface area (Å²) in [6.07, 6.45) is 10.4. The molecule has 1 aromatic rings. The second kappa shape index (κ2) is 10.7. The van der Waals surface area contributed by atoms with Gasteiger partial charge in [-0.1, -0.05) is 35.4 Å². The summed E-state index contributed by atoms with van der Waals surface area (Å²) in [6.45, 7) is 10.9. The minimum Gasteiger partial charge on any atom is -0.493 e. The Morgan fingerprint density at radius 1 is 1.09 bits per heavy atom. The molecule has 0 bridgehead atoms. The van der Waals surface area contributed by atoms with Crippen LogP contribution in [0.3, 0.4) is 0 Å². The Morgan fingerprint density at radius 3 is 2.52 bits per heavy atom. The number of hydrogen-bond donors (Lipinski definition) is 0. The van der Waals surface area contributed by atoms with Crippen LogP contribution in [0, 0.1) is 0 Å². The van der Waals surface area contributed by atoms with Crippen LogP contribution >= 0.6 is 0 Å². The van der Waals surface area contributed by atoms with Gasteiger partial charge in [-0.3, -0.25) is 0 Å². The van der Waals surface area contributed by atoms with Crippen molar-refractivity contribution in [1.82, 2.24) is 0 Å². The van der Waals surface area contributed by atoms with Gasteiger partial charge in [0.05, 0.1) is 13.7 Å². The normalized spacial score (nSPS) is 11.0. The van der Waals surface area contributed by atoms with Gasteiger partial charge in [-0.05, 0) is 64.2 Å². The molecule has 23 heavy (non-hydrogen) atoms. The van der Waals surface area contributed by atoms with E-state index in [1.54, 1.807) is 7.11 Å². The van der Waals surface area contributed by atoms with Gasteiger partial charge in [-0.25, -0.2) is 0 Å². The highest BCUT2D eigenvalue weighted by Gasteiger charge is 2.04. The molecule has 0 saturated carbocycles. The van der Waals surface area contributed by atoms with Crippen LogP contribution in [0.2, 0.25) is 0 Å². The fourth-order valence-electron chi connectivity index (χ4n) is 2.29. The van der Waals surface area contributed by atoms with Crippen LogP contribution in [0.5, 0.6) is 11.5 Å². The average Bonchev–Trinajstić information content (AvgIpc) is 2.52. The maximum absolute atomic E-state index is 5.85. The smallest absolute Gasteiger partial charge is 0.161 e. The number of allylic oxidation sites excluding steroid dienone is 4. The Labute approximate surface area is 141 Å². The first-order valence-electron chi connectivity index (χ1n) is 8.26. The number of hydrogen-bond acceptors (Lipinski definition) is 2. The lowest BCUT2D eigenvalue weighted by atomic mass is 10.1. The lowest BCUT2D eigenvalue weighted by Crippen LogP contribution is -1.99. The third-order valence-corrected chi connectivity index (χ3v) is 3.57. The zero-order chi connectivity index (χ0) is 17.1. The zero-order valence-electron chi connectivity index (χ0n) is 15.0. The van der Waals surface area contributed by atoms with Gasteiger partial charge in [0.15, 0.2) is 11.5 Å². The van der Waals surface area contributed by atoms with Crippen LogP contribution in [0.15, 0.2) is 54.2 Å². The van der Waals surface area contributed by atoms with Gasteiger partial charge in [-0.2, -0.15) is 0 Å². The van der Waals surface area contributed by atoms with Crippen LogP contribution in [0.4, 0.5) is 0 Å². The van der Waals surface area contributed by atoms with Crippen molar-refractivity contribution in [2.75, 3.05) is 13.7 Å². The molecule has 0 aliphatic carbocycles. The van der Waals surface area contributed by atoms with Crippen LogP contribution in [0.1, 0.15) is 45.6 Å². The molecule has 0 saturated heterocycles. The monoisotopic (exact) mass is 314 g/mol. The number of benzene rings is 1. The van der Waals surface area contributed by atoms with E-state index in [4.69, 9.17) is 9.47 Å². The second-order valence-electron chi connectivity index (χ2n) is 5.99. The number of ether oxygens (including phenoxy) is 2. The third-order valence-electron chi connectivity index (χ3n) is 3.57. The lowest BCUT2D eigenvalue weighted by molar-refractivity contribution is 0.299. The quantitative estimate of drug-likeness (QED) is 0.396. The van der Waals surface area contributed by atoms with E-state index in [1.807, 2.05) is 18.2 Å². The maximum atomic E-state index is 5.85. The molecule has 1 rings (SSSR count). The highest BCUT2D eigenvalue weighted by Crippen LogP contribution is 2.28. The summed E-state index contributed by atoms with van der Waals surface area (Å²) < 4.78 is 11.3. The van der Waals surface area contributed by atoms with Crippen molar-refractivity contribution in [3.63, 3.8) is 0 Å². The van der Waals surface area contributed by atoms with Crippen molar-refractivity contribution in [3.05, 3.63) is 59.7 Å². The van der Waals surface area contributed by atoms with E-state index >= 15 is 0 Å².